The van der Waals surface area contributed by atoms with E-state index in [0.29, 0.717) is 42.0 Å². The number of piperidine rings is 1. The second-order valence-electron chi connectivity index (χ2n) is 7.10. The van der Waals surface area contributed by atoms with E-state index < -0.39 is 0 Å². The molecule has 2 aromatic heterocycles. The standard InChI is InChI=1S/C20H21FN4O3S/c21-14-4-5-16-15(12-14)19(24-28-16)13-6-9-25(10-7-13)18(27)3-1-2-17(26)23-20-22-8-11-29-20/h4-5,8,11-13H,1-3,6-7,9-10H2,(H,22,23,26). The molecule has 0 unspecified atom stereocenters. The molecule has 1 fully saturated rings. The zero-order valence-corrected chi connectivity index (χ0v) is 16.6. The van der Waals surface area contributed by atoms with E-state index >= 15 is 0 Å². The van der Waals surface area contributed by atoms with Gasteiger partial charge in [-0.05, 0) is 37.5 Å². The smallest absolute Gasteiger partial charge is 0.226 e. The molecule has 1 aliphatic heterocycles. The topological polar surface area (TPSA) is 88.3 Å². The van der Waals surface area contributed by atoms with Crippen molar-refractivity contribution in [2.24, 2.45) is 0 Å². The van der Waals surface area contributed by atoms with Crippen molar-refractivity contribution in [3.63, 3.8) is 0 Å². The van der Waals surface area contributed by atoms with Gasteiger partial charge in [0.25, 0.3) is 0 Å². The fourth-order valence-corrected chi connectivity index (χ4v) is 4.20. The van der Waals surface area contributed by atoms with Crippen molar-refractivity contribution >= 4 is 39.3 Å². The van der Waals surface area contributed by atoms with Crippen LogP contribution in [0.1, 0.15) is 43.7 Å². The van der Waals surface area contributed by atoms with Crippen LogP contribution in [0.25, 0.3) is 11.0 Å². The van der Waals surface area contributed by atoms with E-state index in [1.165, 1.54) is 23.5 Å². The first-order chi connectivity index (χ1) is 14.1. The van der Waals surface area contributed by atoms with E-state index in [0.717, 1.165) is 18.5 Å². The number of anilines is 1. The molecule has 0 radical (unpaired) electrons. The maximum atomic E-state index is 13.6. The lowest BCUT2D eigenvalue weighted by molar-refractivity contribution is -0.132. The second kappa shape index (κ2) is 8.69. The van der Waals surface area contributed by atoms with Crippen LogP contribution in [0.3, 0.4) is 0 Å². The quantitative estimate of drug-likeness (QED) is 0.658. The summed E-state index contributed by atoms with van der Waals surface area (Å²) in [6.45, 7) is 1.25. The number of carbonyl (C=O) groups excluding carboxylic acids is 2. The van der Waals surface area contributed by atoms with Gasteiger partial charge in [0.05, 0.1) is 5.69 Å². The molecule has 0 spiro atoms. The summed E-state index contributed by atoms with van der Waals surface area (Å²) in [6, 6.07) is 4.40. The number of amides is 2. The average Bonchev–Trinajstić information content (AvgIpc) is 3.37. The van der Waals surface area contributed by atoms with Crippen LogP contribution in [0, 0.1) is 5.82 Å². The number of rotatable bonds is 6. The monoisotopic (exact) mass is 416 g/mol. The van der Waals surface area contributed by atoms with Gasteiger partial charge in [-0.3, -0.25) is 9.59 Å². The Morgan fingerprint density at radius 1 is 1.28 bits per heavy atom. The van der Waals surface area contributed by atoms with Crippen LogP contribution in [-0.2, 0) is 9.59 Å². The van der Waals surface area contributed by atoms with Gasteiger partial charge >= 0.3 is 0 Å². The highest BCUT2D eigenvalue weighted by Gasteiger charge is 2.27. The molecule has 1 saturated heterocycles. The molecule has 1 aliphatic rings. The first-order valence-electron chi connectivity index (χ1n) is 9.62. The summed E-state index contributed by atoms with van der Waals surface area (Å²) < 4.78 is 18.9. The molecule has 9 heteroatoms. The minimum absolute atomic E-state index is 0.0570. The Morgan fingerprint density at radius 3 is 2.86 bits per heavy atom. The maximum Gasteiger partial charge on any atom is 0.226 e. The van der Waals surface area contributed by atoms with Crippen LogP contribution < -0.4 is 5.32 Å². The van der Waals surface area contributed by atoms with Crippen LogP contribution >= 0.6 is 11.3 Å². The number of thiazole rings is 1. The van der Waals surface area contributed by atoms with Crippen LogP contribution in [0.15, 0.2) is 34.3 Å². The number of benzene rings is 1. The zero-order chi connectivity index (χ0) is 20.2. The molecule has 29 heavy (non-hydrogen) atoms. The summed E-state index contributed by atoms with van der Waals surface area (Å²) in [5.74, 6) is -0.238. The summed E-state index contributed by atoms with van der Waals surface area (Å²) in [4.78, 5) is 30.1. The Labute approximate surface area is 170 Å². The molecule has 7 nitrogen and oxygen atoms in total. The molecule has 0 aliphatic carbocycles. The Morgan fingerprint density at radius 2 is 2.10 bits per heavy atom. The van der Waals surface area contributed by atoms with Crippen molar-refractivity contribution < 1.29 is 18.5 Å². The molecular formula is C20H21FN4O3S. The van der Waals surface area contributed by atoms with Crippen molar-refractivity contribution in [1.82, 2.24) is 15.0 Å². The number of aromatic nitrogens is 2. The lowest BCUT2D eigenvalue weighted by Gasteiger charge is -2.31. The Hall–Kier alpha value is -2.81. The molecule has 1 N–H and O–H groups in total. The van der Waals surface area contributed by atoms with Crippen molar-refractivity contribution in [3.8, 4) is 0 Å². The summed E-state index contributed by atoms with van der Waals surface area (Å²) in [7, 11) is 0. The number of fused-ring (bicyclic) bond motifs is 1. The third kappa shape index (κ3) is 4.61. The summed E-state index contributed by atoms with van der Waals surface area (Å²) in [6.07, 6.45) is 4.28. The van der Waals surface area contributed by atoms with Gasteiger partial charge < -0.3 is 14.7 Å². The van der Waals surface area contributed by atoms with E-state index in [1.54, 1.807) is 17.6 Å². The number of likely N-dealkylation sites (tertiary alicyclic amines) is 1. The highest BCUT2D eigenvalue weighted by molar-refractivity contribution is 7.13. The molecule has 2 amide bonds. The van der Waals surface area contributed by atoms with Gasteiger partial charge in [0.15, 0.2) is 10.7 Å². The lowest BCUT2D eigenvalue weighted by atomic mass is 9.91. The number of hydrogen-bond donors (Lipinski definition) is 1. The van der Waals surface area contributed by atoms with E-state index in [4.69, 9.17) is 4.52 Å². The first-order valence-corrected chi connectivity index (χ1v) is 10.5. The van der Waals surface area contributed by atoms with Gasteiger partial charge in [-0.25, -0.2) is 9.37 Å². The minimum Gasteiger partial charge on any atom is -0.356 e. The summed E-state index contributed by atoms with van der Waals surface area (Å²) in [5.41, 5.74) is 1.35. The molecule has 0 bridgehead atoms. The second-order valence-corrected chi connectivity index (χ2v) is 8.00. The van der Waals surface area contributed by atoms with Crippen LogP contribution in [-0.4, -0.2) is 39.9 Å². The maximum absolute atomic E-state index is 13.6. The van der Waals surface area contributed by atoms with Crippen molar-refractivity contribution in [2.75, 3.05) is 18.4 Å². The predicted molar refractivity (Wildman–Crippen MR) is 107 cm³/mol. The largest absolute Gasteiger partial charge is 0.356 e. The Kier molecular flexibility index (Phi) is 5.84. The Bertz CT molecular complexity index is 997. The van der Waals surface area contributed by atoms with Gasteiger partial charge in [0.1, 0.15) is 5.82 Å². The van der Waals surface area contributed by atoms with E-state index in [9.17, 15) is 14.0 Å². The Balaban J connectivity index is 1.24. The van der Waals surface area contributed by atoms with Crippen molar-refractivity contribution in [3.05, 3.63) is 41.3 Å². The summed E-state index contributed by atoms with van der Waals surface area (Å²) in [5, 5.41) is 9.93. The van der Waals surface area contributed by atoms with E-state index in [-0.39, 0.29) is 30.0 Å². The third-order valence-electron chi connectivity index (χ3n) is 5.17. The molecule has 0 saturated carbocycles. The normalized spacial score (nSPS) is 15.0. The molecule has 4 rings (SSSR count). The average molecular weight is 416 g/mol. The highest BCUT2D eigenvalue weighted by Crippen LogP contribution is 2.33. The molecule has 3 aromatic rings. The van der Waals surface area contributed by atoms with Gasteiger partial charge in [0.2, 0.25) is 11.8 Å². The number of halogens is 1. The predicted octanol–water partition coefficient (Wildman–Crippen LogP) is 3.94. The zero-order valence-electron chi connectivity index (χ0n) is 15.8. The van der Waals surface area contributed by atoms with Crippen molar-refractivity contribution in [2.45, 2.75) is 38.0 Å². The van der Waals surface area contributed by atoms with Gasteiger partial charge in [-0.2, -0.15) is 0 Å². The van der Waals surface area contributed by atoms with Crippen LogP contribution in [0.4, 0.5) is 9.52 Å². The molecule has 1 aromatic carbocycles. The third-order valence-corrected chi connectivity index (χ3v) is 5.86. The van der Waals surface area contributed by atoms with E-state index in [2.05, 4.69) is 15.5 Å². The van der Waals surface area contributed by atoms with Crippen LogP contribution in [0.5, 0.6) is 0 Å². The fourth-order valence-electron chi connectivity index (χ4n) is 3.65. The fraction of sp³-hybridized carbons (Fsp3) is 0.400. The van der Waals surface area contributed by atoms with Crippen molar-refractivity contribution in [1.29, 1.82) is 0 Å². The lowest BCUT2D eigenvalue weighted by Crippen LogP contribution is -2.38. The van der Waals surface area contributed by atoms with Gasteiger partial charge in [-0.1, -0.05) is 5.16 Å². The molecule has 152 valence electrons. The number of hydrogen-bond acceptors (Lipinski definition) is 6. The van der Waals surface area contributed by atoms with Crippen LogP contribution in [0.2, 0.25) is 0 Å². The minimum atomic E-state index is -0.312. The highest BCUT2D eigenvalue weighted by atomic mass is 32.1. The number of carbonyl (C=O) groups is 2. The number of nitrogens with one attached hydrogen (secondary N) is 1. The van der Waals surface area contributed by atoms with E-state index in [1.807, 2.05) is 4.90 Å². The molecular weight excluding hydrogens is 395 g/mol. The molecule has 3 heterocycles. The molecule has 0 atom stereocenters. The summed E-state index contributed by atoms with van der Waals surface area (Å²) >= 11 is 1.36. The number of nitrogens with zero attached hydrogens (tertiary/aromatic N) is 3. The SMILES string of the molecule is O=C(CCCC(=O)N1CCC(c2noc3ccc(F)cc23)CC1)Nc1nccs1. The van der Waals surface area contributed by atoms with Gasteiger partial charge in [-0.15, -0.1) is 11.3 Å². The van der Waals surface area contributed by atoms with Gasteiger partial charge in [0, 0.05) is 48.8 Å². The first kappa shape index (κ1) is 19.5.